The topological polar surface area (TPSA) is 17.1 Å². The molecule has 0 rings (SSSR count). The van der Waals surface area contributed by atoms with Crippen LogP contribution in [0, 0.1) is 0 Å². The van der Waals surface area contributed by atoms with Crippen LogP contribution in [0.5, 0.6) is 0 Å². The van der Waals surface area contributed by atoms with Gasteiger partial charge in [-0.3, -0.25) is 0 Å². The van der Waals surface area contributed by atoms with Crippen LogP contribution in [-0.4, -0.2) is 26.2 Å². The average molecular weight is 339 g/mol. The second kappa shape index (κ2) is 31.3. The Morgan fingerprint density at radius 1 is 1.40 bits per heavy atom. The van der Waals surface area contributed by atoms with Gasteiger partial charge in [0.1, 0.15) is 0 Å². The first-order valence-corrected chi connectivity index (χ1v) is 0.636. The molecule has 27 valence electrons. The number of rotatable bonds is 0. The third kappa shape index (κ3) is 21.0. The van der Waals surface area contributed by atoms with Gasteiger partial charge in [-0.05, 0) is 0 Å². The molecule has 0 aromatic carbocycles. The van der Waals surface area contributed by atoms with Crippen molar-refractivity contribution in [3.05, 3.63) is 0 Å². The number of hydrogen-bond acceptors (Lipinski definition) is 1. The summed E-state index contributed by atoms with van der Waals surface area (Å²) in [5.41, 5.74) is 0. The minimum Gasteiger partial charge on any atom is 0 e. The van der Waals surface area contributed by atoms with E-state index in [1.54, 1.807) is 15.9 Å². The Morgan fingerprint density at radius 2 is 1.40 bits per heavy atom. The Labute approximate surface area is 86.7 Å². The molecule has 0 aliphatic rings. The van der Waals surface area contributed by atoms with Gasteiger partial charge in [-0.25, -0.2) is 0 Å². The molecule has 0 saturated carbocycles. The fourth-order valence-corrected chi connectivity index (χ4v) is 0. The van der Waals surface area contributed by atoms with Crippen LogP contribution in [0.2, 0.25) is 0 Å². The predicted molar refractivity (Wildman–Crippen MR) is 11.7 cm³/mol. The van der Waals surface area contributed by atoms with Gasteiger partial charge in [-0.1, -0.05) is 0 Å². The first-order chi connectivity index (χ1) is 1.00. The average Bonchev–Trinajstić information content (AvgIpc) is 1.00. The monoisotopic (exact) mass is 339 g/mol. The van der Waals surface area contributed by atoms with Gasteiger partial charge in [0.2, 0.25) is 0 Å². The molecule has 0 spiro atoms. The molecule has 5 heteroatoms. The Bertz CT molecular complexity index is 15.5. The van der Waals surface area contributed by atoms with Gasteiger partial charge in [0, 0.05) is 21.7 Å². The zero-order valence-electron chi connectivity index (χ0n) is 3.99. The van der Waals surface area contributed by atoms with Crippen molar-refractivity contribution < 1.29 is 61.8 Å². The molecular formula is H4BiLiMnOTi. The van der Waals surface area contributed by atoms with Crippen LogP contribution in [-0.2, 0) is 41.5 Å². The van der Waals surface area contributed by atoms with Crippen LogP contribution in [0.15, 0.2) is 0 Å². The molecule has 5 heavy (non-hydrogen) atoms. The van der Waals surface area contributed by atoms with Crippen molar-refractivity contribution in [2.75, 3.05) is 0 Å². The molecule has 0 atom stereocenters. The minimum absolute atomic E-state index is 0. The van der Waals surface area contributed by atoms with E-state index in [1.807, 2.05) is 0 Å². The Balaban J connectivity index is -0.000000000833. The largest absolute Gasteiger partial charge is 0 e. The van der Waals surface area contributed by atoms with Crippen molar-refractivity contribution in [2.24, 2.45) is 0 Å². The summed E-state index contributed by atoms with van der Waals surface area (Å²) in [4.78, 5) is 0. The fraction of sp³-hybridized carbons (Fsp3) is 0. The molecule has 0 amide bonds. The van der Waals surface area contributed by atoms with E-state index in [1.165, 1.54) is 0 Å². The van der Waals surface area contributed by atoms with Crippen LogP contribution in [0.4, 0.5) is 0 Å². The molecule has 0 fully saturated rings. The first-order valence-electron chi connectivity index (χ1n) is 0.154. The van der Waals surface area contributed by atoms with E-state index in [2.05, 4.69) is 0 Å². The van der Waals surface area contributed by atoms with E-state index in [0.29, 0.717) is 0 Å². The Morgan fingerprint density at radius 3 is 1.40 bits per heavy atom. The summed E-state index contributed by atoms with van der Waals surface area (Å²) in [6.45, 7) is 0. The molecule has 0 aromatic rings. The summed E-state index contributed by atoms with van der Waals surface area (Å²) in [7, 11) is 0. The van der Waals surface area contributed by atoms with Crippen LogP contribution in [0.3, 0.4) is 0 Å². The van der Waals surface area contributed by atoms with Crippen LogP contribution < -0.4 is 18.9 Å². The van der Waals surface area contributed by atoms with Crippen molar-refractivity contribution in [2.45, 2.75) is 0 Å². The van der Waals surface area contributed by atoms with E-state index < -0.39 is 0 Å². The normalized spacial score (nSPS) is 0.800. The Kier molecular flexibility index (Phi) is 162. The van der Waals surface area contributed by atoms with Crippen molar-refractivity contribution in [3.63, 3.8) is 0 Å². The number of hydrogen-bond donors (Lipinski definition) is 0. The molecule has 0 radical (unpaired) electrons. The fourth-order valence-electron chi connectivity index (χ4n) is 0. The van der Waals surface area contributed by atoms with Crippen molar-refractivity contribution >= 4 is 26.2 Å². The molecule has 0 aromatic heterocycles. The molecule has 0 N–H and O–H groups in total. The smallest absolute Gasteiger partial charge is 0 e. The standard InChI is InChI=1S/Bi.Li.Mn.O.Ti.4H/q;+1;;;;;;;-1. The van der Waals surface area contributed by atoms with Crippen LogP contribution in [0.1, 0.15) is 1.43 Å². The SMILES string of the molecule is [BiH3].[H-].[Li+].[O]=[Mn].[Ti]. The predicted octanol–water partition coefficient (Wildman–Crippen LogP) is -4.19. The summed E-state index contributed by atoms with van der Waals surface area (Å²) < 4.78 is 8.06. The van der Waals surface area contributed by atoms with E-state index in [-0.39, 0.29) is 68.2 Å². The molecule has 0 saturated heterocycles. The second-order valence-corrected chi connectivity index (χ2v) is 0. The maximum atomic E-state index is 8.06. The van der Waals surface area contributed by atoms with Gasteiger partial charge >= 0.3 is 64.8 Å². The quantitative estimate of drug-likeness (QED) is 0.410. The van der Waals surface area contributed by atoms with Gasteiger partial charge in [-0.2, -0.15) is 0 Å². The van der Waals surface area contributed by atoms with E-state index >= 15 is 0 Å². The van der Waals surface area contributed by atoms with Gasteiger partial charge < -0.3 is 1.43 Å². The molecule has 0 aliphatic heterocycles. The summed E-state index contributed by atoms with van der Waals surface area (Å²) in [6.07, 6.45) is 0. The van der Waals surface area contributed by atoms with Gasteiger partial charge in [0.25, 0.3) is 0 Å². The summed E-state index contributed by atoms with van der Waals surface area (Å²) in [6, 6.07) is 0. The van der Waals surface area contributed by atoms with Crippen molar-refractivity contribution in [1.29, 1.82) is 0 Å². The van der Waals surface area contributed by atoms with E-state index in [9.17, 15) is 0 Å². The van der Waals surface area contributed by atoms with Gasteiger partial charge in [-0.15, -0.1) is 0 Å². The van der Waals surface area contributed by atoms with Crippen LogP contribution in [0.25, 0.3) is 0 Å². The molecular weight excluding hydrogens is 335 g/mol. The molecule has 0 unspecified atom stereocenters. The summed E-state index contributed by atoms with van der Waals surface area (Å²) in [5.74, 6) is 0. The minimum atomic E-state index is 0. The summed E-state index contributed by atoms with van der Waals surface area (Å²) in [5, 5.41) is 0. The van der Waals surface area contributed by atoms with E-state index in [0.717, 1.165) is 0 Å². The maximum Gasteiger partial charge on any atom is 0 e. The zero-order valence-corrected chi connectivity index (χ0v) is 11.2. The van der Waals surface area contributed by atoms with Crippen molar-refractivity contribution in [3.8, 4) is 0 Å². The molecule has 0 heterocycles. The maximum absolute atomic E-state index is 8.06. The first kappa shape index (κ1) is 25.8. The molecule has 0 bridgehead atoms. The molecule has 1 nitrogen and oxygen atoms in total. The zero-order chi connectivity index (χ0) is 2.00. The van der Waals surface area contributed by atoms with E-state index in [4.69, 9.17) is 3.83 Å². The Hall–Kier alpha value is 2.51. The third-order valence-electron chi connectivity index (χ3n) is 0. The second-order valence-electron chi connectivity index (χ2n) is 0. The van der Waals surface area contributed by atoms with Gasteiger partial charge in [0.15, 0.2) is 0 Å². The summed E-state index contributed by atoms with van der Waals surface area (Å²) >= 11 is 1.69. The third-order valence-corrected chi connectivity index (χ3v) is 0. The van der Waals surface area contributed by atoms with Crippen LogP contribution >= 0.6 is 0 Å². The van der Waals surface area contributed by atoms with Crippen molar-refractivity contribution in [1.82, 2.24) is 0 Å². The van der Waals surface area contributed by atoms with Gasteiger partial charge in [0.05, 0.1) is 0 Å². The molecule has 0 aliphatic carbocycles.